The van der Waals surface area contributed by atoms with Crippen molar-refractivity contribution < 1.29 is 5.11 Å². The summed E-state index contributed by atoms with van der Waals surface area (Å²) in [6.45, 7) is 2.24. The molecule has 72 valence electrons. The molecule has 1 fully saturated rings. The molecule has 0 bridgehead atoms. The fourth-order valence-corrected chi connectivity index (χ4v) is 1.90. The van der Waals surface area contributed by atoms with Crippen LogP contribution >= 0.6 is 0 Å². The van der Waals surface area contributed by atoms with Crippen molar-refractivity contribution in [2.24, 2.45) is 0 Å². The van der Waals surface area contributed by atoms with Crippen molar-refractivity contribution in [2.45, 2.75) is 25.4 Å². The Hall–Kier alpha value is -0.870. The molecule has 1 aromatic rings. The van der Waals surface area contributed by atoms with Crippen molar-refractivity contribution in [2.75, 3.05) is 13.2 Å². The van der Waals surface area contributed by atoms with Gasteiger partial charge in [-0.1, -0.05) is 0 Å². The summed E-state index contributed by atoms with van der Waals surface area (Å²) in [6, 6.07) is 2.33. The van der Waals surface area contributed by atoms with Crippen LogP contribution in [0.1, 0.15) is 18.5 Å². The molecule has 4 heteroatoms. The van der Waals surface area contributed by atoms with Gasteiger partial charge < -0.3 is 5.11 Å². The molecule has 0 aromatic carbocycles. The van der Waals surface area contributed by atoms with Gasteiger partial charge in [-0.2, -0.15) is 5.10 Å². The number of aromatic nitrogens is 2. The third-order valence-corrected chi connectivity index (χ3v) is 2.64. The van der Waals surface area contributed by atoms with Crippen molar-refractivity contribution >= 4 is 0 Å². The van der Waals surface area contributed by atoms with Crippen LogP contribution in [-0.4, -0.2) is 39.4 Å². The second-order valence-electron chi connectivity index (χ2n) is 3.53. The first-order valence-electron chi connectivity index (χ1n) is 4.73. The zero-order valence-electron chi connectivity index (χ0n) is 7.61. The minimum atomic E-state index is 0.272. The summed E-state index contributed by atoms with van der Waals surface area (Å²) < 4.78 is 0. The van der Waals surface area contributed by atoms with E-state index in [0.29, 0.717) is 6.04 Å². The summed E-state index contributed by atoms with van der Waals surface area (Å²) in [6.07, 6.45) is 4.07. The summed E-state index contributed by atoms with van der Waals surface area (Å²) in [5, 5.41) is 15.9. The maximum absolute atomic E-state index is 9.10. The number of H-pyrrole nitrogens is 1. The van der Waals surface area contributed by atoms with E-state index >= 15 is 0 Å². The average molecular weight is 181 g/mol. The number of aromatic amines is 1. The second kappa shape index (κ2) is 3.89. The molecule has 1 aliphatic rings. The lowest BCUT2D eigenvalue weighted by molar-refractivity contribution is 0.152. The summed E-state index contributed by atoms with van der Waals surface area (Å²) in [5.41, 5.74) is 1.13. The molecule has 0 saturated carbocycles. The van der Waals surface area contributed by atoms with Gasteiger partial charge in [-0.3, -0.25) is 10.00 Å². The Labute approximate surface area is 77.6 Å². The van der Waals surface area contributed by atoms with Gasteiger partial charge in [-0.25, -0.2) is 0 Å². The van der Waals surface area contributed by atoms with Crippen LogP contribution in [-0.2, 0) is 6.54 Å². The predicted molar refractivity (Wildman–Crippen MR) is 49.1 cm³/mol. The molecule has 1 aliphatic heterocycles. The maximum Gasteiger partial charge on any atom is 0.0587 e. The fraction of sp³-hybridized carbons (Fsp3) is 0.667. The number of nitrogens with zero attached hydrogens (tertiary/aromatic N) is 2. The van der Waals surface area contributed by atoms with E-state index in [9.17, 15) is 0 Å². The standard InChI is InChI=1S/C9H15N3O/c13-7-9-2-1-5-12(9)6-8-3-4-10-11-8/h3-4,9,13H,1-2,5-7H2,(H,10,11)/t9-/m0/s1. The first-order valence-corrected chi connectivity index (χ1v) is 4.73. The zero-order chi connectivity index (χ0) is 9.10. The van der Waals surface area contributed by atoms with Gasteiger partial charge in [-0.15, -0.1) is 0 Å². The lowest BCUT2D eigenvalue weighted by Crippen LogP contribution is -2.31. The highest BCUT2D eigenvalue weighted by Crippen LogP contribution is 2.18. The molecule has 1 aromatic heterocycles. The van der Waals surface area contributed by atoms with Gasteiger partial charge in [0.1, 0.15) is 0 Å². The third-order valence-electron chi connectivity index (χ3n) is 2.64. The first kappa shape index (κ1) is 8.72. The van der Waals surface area contributed by atoms with Crippen LogP contribution in [0.3, 0.4) is 0 Å². The minimum Gasteiger partial charge on any atom is -0.395 e. The molecular weight excluding hydrogens is 166 g/mol. The molecule has 2 rings (SSSR count). The Bertz CT molecular complexity index is 247. The summed E-state index contributed by atoms with van der Waals surface area (Å²) >= 11 is 0. The molecule has 0 amide bonds. The number of aliphatic hydroxyl groups is 1. The Kier molecular flexibility index (Phi) is 2.61. The molecule has 0 unspecified atom stereocenters. The quantitative estimate of drug-likeness (QED) is 0.708. The summed E-state index contributed by atoms with van der Waals surface area (Å²) in [7, 11) is 0. The molecule has 0 aliphatic carbocycles. The van der Waals surface area contributed by atoms with Crippen molar-refractivity contribution in [1.82, 2.24) is 15.1 Å². The topological polar surface area (TPSA) is 52.1 Å². The summed E-state index contributed by atoms with van der Waals surface area (Å²) in [5.74, 6) is 0. The molecule has 1 atom stereocenters. The molecule has 13 heavy (non-hydrogen) atoms. The molecule has 2 N–H and O–H groups in total. The Morgan fingerprint density at radius 3 is 3.31 bits per heavy atom. The lowest BCUT2D eigenvalue weighted by Gasteiger charge is -2.21. The number of rotatable bonds is 3. The van der Waals surface area contributed by atoms with Crippen LogP contribution in [0, 0.1) is 0 Å². The van der Waals surface area contributed by atoms with E-state index in [1.54, 1.807) is 6.20 Å². The number of hydrogen-bond acceptors (Lipinski definition) is 3. The third kappa shape index (κ3) is 1.89. The predicted octanol–water partition coefficient (Wildman–Crippen LogP) is 0.366. The lowest BCUT2D eigenvalue weighted by atomic mass is 10.2. The Morgan fingerprint density at radius 1 is 1.69 bits per heavy atom. The van der Waals surface area contributed by atoms with Gasteiger partial charge in [-0.05, 0) is 25.5 Å². The van der Waals surface area contributed by atoms with Crippen molar-refractivity contribution in [3.8, 4) is 0 Å². The van der Waals surface area contributed by atoms with Crippen LogP contribution in [0.4, 0.5) is 0 Å². The second-order valence-corrected chi connectivity index (χ2v) is 3.53. The fourth-order valence-electron chi connectivity index (χ4n) is 1.90. The van der Waals surface area contributed by atoms with Crippen LogP contribution < -0.4 is 0 Å². The van der Waals surface area contributed by atoms with E-state index in [1.165, 1.54) is 6.42 Å². The number of hydrogen-bond donors (Lipinski definition) is 2. The molecule has 0 spiro atoms. The SMILES string of the molecule is OC[C@@H]1CCCN1Cc1ccn[nH]1. The highest BCUT2D eigenvalue weighted by molar-refractivity contribution is 4.98. The smallest absolute Gasteiger partial charge is 0.0587 e. The normalized spacial score (nSPS) is 23.9. The van der Waals surface area contributed by atoms with Crippen molar-refractivity contribution in [1.29, 1.82) is 0 Å². The van der Waals surface area contributed by atoms with Gasteiger partial charge in [0.25, 0.3) is 0 Å². The molecule has 1 saturated heterocycles. The maximum atomic E-state index is 9.10. The van der Waals surface area contributed by atoms with Crippen molar-refractivity contribution in [3.05, 3.63) is 18.0 Å². The molecule has 4 nitrogen and oxygen atoms in total. The largest absolute Gasteiger partial charge is 0.395 e. The van der Waals surface area contributed by atoms with Gasteiger partial charge in [0.2, 0.25) is 0 Å². The van der Waals surface area contributed by atoms with E-state index in [2.05, 4.69) is 15.1 Å². The van der Waals surface area contributed by atoms with E-state index in [4.69, 9.17) is 5.11 Å². The number of aliphatic hydroxyl groups excluding tert-OH is 1. The Morgan fingerprint density at radius 2 is 2.62 bits per heavy atom. The zero-order valence-corrected chi connectivity index (χ0v) is 7.61. The van der Waals surface area contributed by atoms with Crippen LogP contribution in [0.15, 0.2) is 12.3 Å². The Balaban J connectivity index is 1.94. The van der Waals surface area contributed by atoms with Crippen LogP contribution in [0.25, 0.3) is 0 Å². The molecular formula is C9H15N3O. The highest BCUT2D eigenvalue weighted by Gasteiger charge is 2.23. The summed E-state index contributed by atoms with van der Waals surface area (Å²) in [4.78, 5) is 2.30. The number of nitrogens with one attached hydrogen (secondary N) is 1. The highest BCUT2D eigenvalue weighted by atomic mass is 16.3. The van der Waals surface area contributed by atoms with Crippen LogP contribution in [0.2, 0.25) is 0 Å². The first-order chi connectivity index (χ1) is 6.40. The van der Waals surface area contributed by atoms with E-state index in [-0.39, 0.29) is 6.61 Å². The van der Waals surface area contributed by atoms with E-state index in [1.807, 2.05) is 6.07 Å². The monoisotopic (exact) mass is 181 g/mol. The number of likely N-dealkylation sites (tertiary alicyclic amines) is 1. The van der Waals surface area contributed by atoms with Gasteiger partial charge >= 0.3 is 0 Å². The van der Waals surface area contributed by atoms with Gasteiger partial charge in [0.15, 0.2) is 0 Å². The van der Waals surface area contributed by atoms with Gasteiger partial charge in [0, 0.05) is 24.5 Å². The van der Waals surface area contributed by atoms with Crippen LogP contribution in [0.5, 0.6) is 0 Å². The van der Waals surface area contributed by atoms with Gasteiger partial charge in [0.05, 0.1) is 6.61 Å². The average Bonchev–Trinajstić information content (AvgIpc) is 2.76. The molecule has 2 heterocycles. The minimum absolute atomic E-state index is 0.272. The van der Waals surface area contributed by atoms with E-state index < -0.39 is 0 Å². The molecule has 0 radical (unpaired) electrons. The van der Waals surface area contributed by atoms with Crippen molar-refractivity contribution in [3.63, 3.8) is 0 Å². The van der Waals surface area contributed by atoms with E-state index in [0.717, 1.165) is 25.2 Å².